The Morgan fingerprint density at radius 1 is 1.04 bits per heavy atom. The van der Waals surface area contributed by atoms with Crippen molar-refractivity contribution in [2.45, 2.75) is 18.6 Å². The number of halogens is 3. The van der Waals surface area contributed by atoms with E-state index in [1.54, 1.807) is 0 Å². The Morgan fingerprint density at radius 2 is 1.77 bits per heavy atom. The summed E-state index contributed by atoms with van der Waals surface area (Å²) in [5, 5.41) is 9.14. The van der Waals surface area contributed by atoms with Gasteiger partial charge >= 0.3 is 0 Å². The van der Waals surface area contributed by atoms with Gasteiger partial charge in [0.2, 0.25) is 0 Å². The molecule has 2 aromatic carbocycles. The van der Waals surface area contributed by atoms with E-state index < -0.39 is 35.5 Å². The lowest BCUT2D eigenvalue weighted by Crippen LogP contribution is -2.39. The molecule has 0 unspecified atom stereocenters. The van der Waals surface area contributed by atoms with Crippen LogP contribution in [-0.2, 0) is 16.1 Å². The van der Waals surface area contributed by atoms with Crippen LogP contribution < -0.4 is 4.90 Å². The third kappa shape index (κ3) is 2.53. The Bertz CT molecular complexity index is 915. The number of nitrogens with zero attached hydrogens (tertiary/aromatic N) is 4. The number of imide groups is 1. The van der Waals surface area contributed by atoms with Crippen molar-refractivity contribution in [2.75, 3.05) is 4.90 Å². The summed E-state index contributed by atoms with van der Waals surface area (Å²) in [6.45, 7) is -0.105. The highest BCUT2D eigenvalue weighted by Crippen LogP contribution is 2.34. The molecule has 2 aliphatic heterocycles. The van der Waals surface area contributed by atoms with Crippen molar-refractivity contribution in [3.8, 4) is 0 Å². The number of anilines is 1. The van der Waals surface area contributed by atoms with Gasteiger partial charge in [0.05, 0.1) is 12.2 Å². The van der Waals surface area contributed by atoms with E-state index in [4.69, 9.17) is 11.6 Å². The molecular weight excluding hydrogens is 366 g/mol. The molecule has 6 nitrogen and oxygen atoms in total. The summed E-state index contributed by atoms with van der Waals surface area (Å²) in [6.07, 6.45) is 0. The fourth-order valence-corrected chi connectivity index (χ4v) is 3.27. The lowest BCUT2D eigenvalue weighted by molar-refractivity contribution is -0.123. The molecule has 2 heterocycles. The minimum absolute atomic E-state index is 0.105. The maximum atomic E-state index is 14.0. The van der Waals surface area contributed by atoms with Crippen LogP contribution in [0.25, 0.3) is 0 Å². The second kappa shape index (κ2) is 6.14. The number of carbonyl (C=O) groups is 2. The van der Waals surface area contributed by atoms with Crippen LogP contribution in [0.4, 0.5) is 14.5 Å². The van der Waals surface area contributed by atoms with Gasteiger partial charge in [-0.2, -0.15) is 5.11 Å². The largest absolute Gasteiger partial charge is 0.271 e. The maximum absolute atomic E-state index is 14.0. The van der Waals surface area contributed by atoms with Gasteiger partial charge in [-0.25, -0.2) is 13.7 Å². The SMILES string of the molecule is O=C1[C@H]2N=NN(Cc3c(F)cccc3Cl)[C@@H]2C(=O)N1c1ccc(F)cc1. The van der Waals surface area contributed by atoms with Gasteiger partial charge in [-0.3, -0.25) is 14.6 Å². The molecule has 0 saturated carbocycles. The first-order valence-corrected chi connectivity index (χ1v) is 8.09. The first kappa shape index (κ1) is 16.6. The average molecular weight is 377 g/mol. The number of rotatable bonds is 3. The molecule has 4 rings (SSSR count). The number of benzene rings is 2. The van der Waals surface area contributed by atoms with Crippen LogP contribution in [0.3, 0.4) is 0 Å². The molecule has 1 fully saturated rings. The maximum Gasteiger partial charge on any atom is 0.263 e. The Hall–Kier alpha value is -2.87. The second-order valence-corrected chi connectivity index (χ2v) is 6.29. The summed E-state index contributed by atoms with van der Waals surface area (Å²) >= 11 is 6.02. The van der Waals surface area contributed by atoms with Crippen molar-refractivity contribution in [2.24, 2.45) is 10.3 Å². The molecular formula is C17H11ClF2N4O2. The molecule has 0 radical (unpaired) electrons. The van der Waals surface area contributed by atoms with Crippen molar-refractivity contribution in [1.82, 2.24) is 5.01 Å². The predicted molar refractivity (Wildman–Crippen MR) is 88.3 cm³/mol. The van der Waals surface area contributed by atoms with Gasteiger partial charge in [0.15, 0.2) is 12.1 Å². The molecule has 2 atom stereocenters. The van der Waals surface area contributed by atoms with Crippen LogP contribution >= 0.6 is 11.6 Å². The summed E-state index contributed by atoms with van der Waals surface area (Å²) < 4.78 is 27.1. The van der Waals surface area contributed by atoms with Gasteiger partial charge < -0.3 is 0 Å². The molecule has 2 aromatic rings. The molecule has 0 bridgehead atoms. The van der Waals surface area contributed by atoms with Gasteiger partial charge in [-0.15, -0.1) is 0 Å². The number of amides is 2. The first-order chi connectivity index (χ1) is 12.5. The van der Waals surface area contributed by atoms with Crippen molar-refractivity contribution in [1.29, 1.82) is 0 Å². The van der Waals surface area contributed by atoms with E-state index in [-0.39, 0.29) is 22.8 Å². The lowest BCUT2D eigenvalue weighted by atomic mass is 10.1. The Kier molecular flexibility index (Phi) is 3.91. The molecule has 26 heavy (non-hydrogen) atoms. The highest BCUT2D eigenvalue weighted by molar-refractivity contribution is 6.31. The highest BCUT2D eigenvalue weighted by atomic mass is 35.5. The van der Waals surface area contributed by atoms with Crippen molar-refractivity contribution in [3.05, 3.63) is 64.7 Å². The van der Waals surface area contributed by atoms with Gasteiger partial charge in [0, 0.05) is 10.6 Å². The van der Waals surface area contributed by atoms with E-state index in [9.17, 15) is 18.4 Å². The monoisotopic (exact) mass is 376 g/mol. The van der Waals surface area contributed by atoms with E-state index in [1.165, 1.54) is 35.3 Å². The van der Waals surface area contributed by atoms with Crippen LogP contribution in [-0.4, -0.2) is 28.9 Å². The smallest absolute Gasteiger partial charge is 0.263 e. The minimum atomic E-state index is -1.02. The van der Waals surface area contributed by atoms with Gasteiger partial charge in [-0.1, -0.05) is 22.9 Å². The summed E-state index contributed by atoms with van der Waals surface area (Å²) in [5.74, 6) is -2.13. The average Bonchev–Trinajstić information content (AvgIpc) is 3.13. The third-order valence-corrected chi connectivity index (χ3v) is 4.68. The van der Waals surface area contributed by atoms with Crippen molar-refractivity contribution >= 4 is 29.1 Å². The molecule has 0 aromatic heterocycles. The fourth-order valence-electron chi connectivity index (χ4n) is 3.04. The molecule has 0 spiro atoms. The van der Waals surface area contributed by atoms with E-state index in [0.717, 1.165) is 17.0 Å². The zero-order chi connectivity index (χ0) is 18.4. The van der Waals surface area contributed by atoms with Gasteiger partial charge in [0.1, 0.15) is 11.6 Å². The number of fused-ring (bicyclic) bond motifs is 1. The van der Waals surface area contributed by atoms with Crippen molar-refractivity contribution < 1.29 is 18.4 Å². The lowest BCUT2D eigenvalue weighted by Gasteiger charge is -2.21. The topological polar surface area (TPSA) is 65.3 Å². The van der Waals surface area contributed by atoms with Gasteiger partial charge in [0.25, 0.3) is 11.8 Å². The van der Waals surface area contributed by atoms with Crippen LogP contribution in [0, 0.1) is 11.6 Å². The van der Waals surface area contributed by atoms with Crippen molar-refractivity contribution in [3.63, 3.8) is 0 Å². The van der Waals surface area contributed by atoms with Crippen LogP contribution in [0.2, 0.25) is 5.02 Å². The predicted octanol–water partition coefficient (Wildman–Crippen LogP) is 3.11. The summed E-state index contributed by atoms with van der Waals surface area (Å²) in [7, 11) is 0. The first-order valence-electron chi connectivity index (χ1n) is 7.71. The second-order valence-electron chi connectivity index (χ2n) is 5.88. The summed E-state index contributed by atoms with van der Waals surface area (Å²) in [6, 6.07) is 7.22. The zero-order valence-corrected chi connectivity index (χ0v) is 13.9. The minimum Gasteiger partial charge on any atom is -0.271 e. The third-order valence-electron chi connectivity index (χ3n) is 4.32. The normalized spacial score (nSPS) is 21.7. The Morgan fingerprint density at radius 3 is 2.46 bits per heavy atom. The van der Waals surface area contributed by atoms with Crippen LogP contribution in [0.1, 0.15) is 5.56 Å². The molecule has 132 valence electrons. The van der Waals surface area contributed by atoms with Gasteiger partial charge in [-0.05, 0) is 36.4 Å². The number of hydrogen-bond acceptors (Lipinski definition) is 5. The summed E-state index contributed by atoms with van der Waals surface area (Å²) in [5.41, 5.74) is 0.407. The Balaban J connectivity index is 1.63. The van der Waals surface area contributed by atoms with Crippen LogP contribution in [0.15, 0.2) is 52.8 Å². The molecule has 0 N–H and O–H groups in total. The van der Waals surface area contributed by atoms with E-state index in [2.05, 4.69) is 10.3 Å². The molecule has 2 amide bonds. The quantitative estimate of drug-likeness (QED) is 0.773. The fraction of sp³-hybridized carbons (Fsp3) is 0.176. The van der Waals surface area contributed by atoms with E-state index in [0.29, 0.717) is 0 Å². The molecule has 0 aliphatic carbocycles. The molecule has 9 heteroatoms. The zero-order valence-electron chi connectivity index (χ0n) is 13.1. The standard InChI is InChI=1S/C17H11ClF2N4O2/c18-12-2-1-3-13(20)11(12)8-23-15-14(21-22-23)16(25)24(17(15)26)10-6-4-9(19)5-7-10/h1-7,14-15H,8H2/t14-,15-/m0/s1. The number of hydrogen-bond donors (Lipinski definition) is 0. The molecule has 1 saturated heterocycles. The van der Waals surface area contributed by atoms with E-state index >= 15 is 0 Å². The Labute approximate surface area is 151 Å². The van der Waals surface area contributed by atoms with E-state index in [1.807, 2.05) is 0 Å². The van der Waals surface area contributed by atoms with Crippen LogP contribution in [0.5, 0.6) is 0 Å². The molecule has 2 aliphatic rings. The number of carbonyl (C=O) groups excluding carboxylic acids is 2. The summed E-state index contributed by atoms with van der Waals surface area (Å²) in [4.78, 5) is 26.3. The highest BCUT2D eigenvalue weighted by Gasteiger charge is 2.54.